The third kappa shape index (κ3) is 2.29. The van der Waals surface area contributed by atoms with Crippen molar-refractivity contribution in [2.24, 2.45) is 0 Å². The molecule has 1 saturated heterocycles. The van der Waals surface area contributed by atoms with Crippen LogP contribution in [-0.4, -0.2) is 16.6 Å². The van der Waals surface area contributed by atoms with Crippen LogP contribution in [0.2, 0.25) is 0 Å². The molecule has 5 heteroatoms. The maximum absolute atomic E-state index is 13.7. The lowest BCUT2D eigenvalue weighted by molar-refractivity contribution is -0.115. The Balaban J connectivity index is 2.00. The number of rotatable bonds is 2. The van der Waals surface area contributed by atoms with Crippen molar-refractivity contribution in [3.05, 3.63) is 59.7 Å². The van der Waals surface area contributed by atoms with Crippen molar-refractivity contribution < 1.29 is 9.18 Å². The molecule has 1 amide bonds. The molecular weight excluding hydrogens is 275 g/mol. The molecular formula is C15H13FN2OS. The van der Waals surface area contributed by atoms with Crippen molar-refractivity contribution in [2.45, 2.75) is 12.3 Å². The molecule has 1 fully saturated rings. The molecule has 1 aliphatic rings. The molecule has 3 nitrogen and oxygen atoms in total. The summed E-state index contributed by atoms with van der Waals surface area (Å²) in [6, 6.07) is 8.67. The Morgan fingerprint density at radius 2 is 2.25 bits per heavy atom. The number of carbonyl (C=O) groups excluding carboxylic acids is 1. The second kappa shape index (κ2) is 5.25. The molecule has 0 spiro atoms. The van der Waals surface area contributed by atoms with E-state index in [1.165, 1.54) is 17.8 Å². The van der Waals surface area contributed by atoms with Gasteiger partial charge in [0.2, 0.25) is 5.91 Å². The minimum Gasteiger partial charge on any atom is -0.295 e. The molecule has 0 N–H and O–H groups in total. The van der Waals surface area contributed by atoms with Crippen LogP contribution < -0.4 is 4.90 Å². The fourth-order valence-electron chi connectivity index (χ4n) is 2.20. The lowest BCUT2D eigenvalue weighted by Gasteiger charge is -2.24. The zero-order valence-electron chi connectivity index (χ0n) is 10.9. The summed E-state index contributed by atoms with van der Waals surface area (Å²) in [5.41, 5.74) is 2.12. The summed E-state index contributed by atoms with van der Waals surface area (Å²) in [6.07, 6.45) is 3.44. The van der Waals surface area contributed by atoms with E-state index >= 15 is 0 Å². The lowest BCUT2D eigenvalue weighted by Crippen LogP contribution is -2.28. The first-order valence-corrected chi connectivity index (χ1v) is 7.31. The number of anilines is 1. The number of benzene rings is 1. The summed E-state index contributed by atoms with van der Waals surface area (Å²) in [5.74, 6) is 0.0962. The minimum atomic E-state index is -0.294. The predicted molar refractivity (Wildman–Crippen MR) is 78.1 cm³/mol. The van der Waals surface area contributed by atoms with Gasteiger partial charge in [-0.05, 0) is 30.7 Å². The third-order valence-corrected chi connectivity index (χ3v) is 4.48. The molecule has 0 radical (unpaired) electrons. The molecule has 0 unspecified atom stereocenters. The molecule has 0 aliphatic carbocycles. The van der Waals surface area contributed by atoms with Gasteiger partial charge in [-0.3, -0.25) is 14.7 Å². The first kappa shape index (κ1) is 13.1. The number of amides is 1. The van der Waals surface area contributed by atoms with Gasteiger partial charge in [0.15, 0.2) is 0 Å². The van der Waals surface area contributed by atoms with Gasteiger partial charge in [0.25, 0.3) is 0 Å². The fourth-order valence-corrected chi connectivity index (χ4v) is 3.36. The van der Waals surface area contributed by atoms with E-state index in [9.17, 15) is 9.18 Å². The Hall–Kier alpha value is -1.88. The monoisotopic (exact) mass is 288 g/mol. The van der Waals surface area contributed by atoms with Crippen molar-refractivity contribution in [1.82, 2.24) is 4.98 Å². The molecule has 20 heavy (non-hydrogen) atoms. The van der Waals surface area contributed by atoms with Crippen molar-refractivity contribution in [2.75, 3.05) is 10.7 Å². The first-order chi connectivity index (χ1) is 9.66. The van der Waals surface area contributed by atoms with Gasteiger partial charge in [-0.15, -0.1) is 11.8 Å². The average Bonchev–Trinajstić information content (AvgIpc) is 2.85. The van der Waals surface area contributed by atoms with Crippen LogP contribution in [0.4, 0.5) is 10.1 Å². The van der Waals surface area contributed by atoms with Gasteiger partial charge in [-0.1, -0.05) is 12.1 Å². The largest absolute Gasteiger partial charge is 0.295 e. The maximum Gasteiger partial charge on any atom is 0.238 e. The zero-order valence-corrected chi connectivity index (χ0v) is 11.7. The highest BCUT2D eigenvalue weighted by Gasteiger charge is 2.34. The Morgan fingerprint density at radius 3 is 2.95 bits per heavy atom. The van der Waals surface area contributed by atoms with Gasteiger partial charge in [-0.2, -0.15) is 0 Å². The smallest absolute Gasteiger partial charge is 0.238 e. The SMILES string of the molecule is Cc1ccc(N2C(=O)CS[C@@H]2c2cccnc2)cc1F. The Bertz CT molecular complexity index is 648. The van der Waals surface area contributed by atoms with Gasteiger partial charge in [0.05, 0.1) is 5.75 Å². The second-order valence-electron chi connectivity index (χ2n) is 4.65. The summed E-state index contributed by atoms with van der Waals surface area (Å²) in [6.45, 7) is 1.71. The van der Waals surface area contributed by atoms with Crippen molar-refractivity contribution in [3.8, 4) is 0 Å². The third-order valence-electron chi connectivity index (χ3n) is 3.27. The molecule has 2 aromatic rings. The standard InChI is InChI=1S/C15H13FN2OS/c1-10-4-5-12(7-13(10)16)18-14(19)9-20-15(18)11-3-2-6-17-8-11/h2-8,15H,9H2,1H3/t15-/m1/s1. The number of aryl methyl sites for hydroxylation is 1. The molecule has 102 valence electrons. The van der Waals surface area contributed by atoms with Gasteiger partial charge in [0.1, 0.15) is 11.2 Å². The van der Waals surface area contributed by atoms with Crippen molar-refractivity contribution in [1.29, 1.82) is 0 Å². The van der Waals surface area contributed by atoms with Crippen LogP contribution in [0.25, 0.3) is 0 Å². The molecule has 1 atom stereocenters. The highest BCUT2D eigenvalue weighted by Crippen LogP contribution is 2.41. The Kier molecular flexibility index (Phi) is 3.44. The number of nitrogens with zero attached hydrogens (tertiary/aromatic N) is 2. The molecule has 1 aromatic carbocycles. The van der Waals surface area contributed by atoms with E-state index in [-0.39, 0.29) is 17.1 Å². The number of hydrogen-bond acceptors (Lipinski definition) is 3. The van der Waals surface area contributed by atoms with E-state index in [1.54, 1.807) is 36.4 Å². The zero-order chi connectivity index (χ0) is 14.1. The van der Waals surface area contributed by atoms with Crippen LogP contribution in [0.5, 0.6) is 0 Å². The van der Waals surface area contributed by atoms with E-state index in [4.69, 9.17) is 0 Å². The summed E-state index contributed by atoms with van der Waals surface area (Å²) in [5, 5.41) is -0.140. The molecule has 1 aliphatic heterocycles. The number of pyridine rings is 1. The van der Waals surface area contributed by atoms with Crippen LogP contribution in [0.15, 0.2) is 42.7 Å². The van der Waals surface area contributed by atoms with Gasteiger partial charge in [0, 0.05) is 23.6 Å². The van der Waals surface area contributed by atoms with E-state index in [0.29, 0.717) is 17.0 Å². The number of hydrogen-bond donors (Lipinski definition) is 0. The number of halogens is 1. The maximum atomic E-state index is 13.7. The van der Waals surface area contributed by atoms with Crippen LogP contribution in [0, 0.1) is 12.7 Å². The van der Waals surface area contributed by atoms with E-state index in [0.717, 1.165) is 5.56 Å². The summed E-state index contributed by atoms with van der Waals surface area (Å²) >= 11 is 1.53. The summed E-state index contributed by atoms with van der Waals surface area (Å²) in [4.78, 5) is 17.8. The van der Waals surface area contributed by atoms with Crippen LogP contribution in [-0.2, 0) is 4.79 Å². The molecule has 3 rings (SSSR count). The normalized spacial score (nSPS) is 18.6. The van der Waals surface area contributed by atoms with E-state index in [1.807, 2.05) is 12.1 Å². The van der Waals surface area contributed by atoms with Crippen LogP contribution >= 0.6 is 11.8 Å². The predicted octanol–water partition coefficient (Wildman–Crippen LogP) is 3.31. The molecule has 1 aromatic heterocycles. The number of thioether (sulfide) groups is 1. The molecule has 2 heterocycles. The lowest BCUT2D eigenvalue weighted by atomic mass is 10.2. The van der Waals surface area contributed by atoms with Gasteiger partial charge in [-0.25, -0.2) is 4.39 Å². The Labute approximate surface area is 120 Å². The summed E-state index contributed by atoms with van der Waals surface area (Å²) < 4.78 is 13.7. The second-order valence-corrected chi connectivity index (χ2v) is 5.72. The van der Waals surface area contributed by atoms with E-state index in [2.05, 4.69) is 4.98 Å². The van der Waals surface area contributed by atoms with Crippen LogP contribution in [0.3, 0.4) is 0 Å². The highest BCUT2D eigenvalue weighted by atomic mass is 32.2. The number of aromatic nitrogens is 1. The van der Waals surface area contributed by atoms with Gasteiger partial charge >= 0.3 is 0 Å². The first-order valence-electron chi connectivity index (χ1n) is 6.26. The Morgan fingerprint density at radius 1 is 1.40 bits per heavy atom. The minimum absolute atomic E-state index is 0.00731. The number of carbonyl (C=O) groups is 1. The fraction of sp³-hybridized carbons (Fsp3) is 0.200. The quantitative estimate of drug-likeness (QED) is 0.850. The van der Waals surface area contributed by atoms with E-state index < -0.39 is 0 Å². The summed E-state index contributed by atoms with van der Waals surface area (Å²) in [7, 11) is 0. The highest BCUT2D eigenvalue weighted by molar-refractivity contribution is 8.00. The molecule has 0 bridgehead atoms. The van der Waals surface area contributed by atoms with Gasteiger partial charge < -0.3 is 0 Å². The average molecular weight is 288 g/mol. The van der Waals surface area contributed by atoms with Crippen molar-refractivity contribution >= 4 is 23.4 Å². The van der Waals surface area contributed by atoms with Crippen LogP contribution in [0.1, 0.15) is 16.5 Å². The molecule has 0 saturated carbocycles. The topological polar surface area (TPSA) is 33.2 Å². The van der Waals surface area contributed by atoms with Crippen molar-refractivity contribution in [3.63, 3.8) is 0 Å².